The van der Waals surface area contributed by atoms with Crippen molar-refractivity contribution in [2.75, 3.05) is 12.8 Å². The average Bonchev–Trinajstić information content (AvgIpc) is 3.71. The van der Waals surface area contributed by atoms with Gasteiger partial charge in [-0.05, 0) is 48.8 Å². The molecule has 0 spiro atoms. The molecule has 46 heavy (non-hydrogen) atoms. The van der Waals surface area contributed by atoms with Crippen LogP contribution in [-0.2, 0) is 23.8 Å². The van der Waals surface area contributed by atoms with E-state index >= 15 is 0 Å². The van der Waals surface area contributed by atoms with Gasteiger partial charge in [-0.25, -0.2) is 4.98 Å². The number of imidazole rings is 1. The van der Waals surface area contributed by atoms with E-state index in [0.717, 1.165) is 35.2 Å². The summed E-state index contributed by atoms with van der Waals surface area (Å²) < 4.78 is 60.3. The molecule has 1 aromatic heterocycles. The molecule has 3 aromatic carbocycles. The number of hydrogen-bond acceptors (Lipinski definition) is 5. The minimum atomic E-state index is -4.96. The number of nitrogens with zero attached hydrogens (tertiary/aromatic N) is 3. The van der Waals surface area contributed by atoms with Crippen LogP contribution in [-0.4, -0.2) is 50.7 Å². The van der Waals surface area contributed by atoms with Gasteiger partial charge in [0.2, 0.25) is 0 Å². The van der Waals surface area contributed by atoms with Crippen LogP contribution in [0.5, 0.6) is 5.75 Å². The van der Waals surface area contributed by atoms with Gasteiger partial charge in [-0.2, -0.15) is 0 Å². The van der Waals surface area contributed by atoms with Crippen molar-refractivity contribution < 1.29 is 32.4 Å². The van der Waals surface area contributed by atoms with E-state index in [2.05, 4.69) is 4.74 Å². The lowest BCUT2D eigenvalue weighted by atomic mass is 9.70. The number of halogens is 3. The first-order valence-corrected chi connectivity index (χ1v) is 17.9. The van der Waals surface area contributed by atoms with Gasteiger partial charge in [-0.3, -0.25) is 4.79 Å². The highest BCUT2D eigenvalue weighted by Crippen LogP contribution is 2.50. The number of rotatable bonds is 8. The molecule has 2 fully saturated rings. The van der Waals surface area contributed by atoms with E-state index in [0.29, 0.717) is 47.9 Å². The number of carbonyl (C=O) groups is 1. The molecule has 2 aliphatic carbocycles. The molecule has 1 N–H and O–H groups in total. The minimum absolute atomic E-state index is 0.0996. The summed E-state index contributed by atoms with van der Waals surface area (Å²) >= 11 is 0. The van der Waals surface area contributed by atoms with Crippen molar-refractivity contribution in [3.8, 4) is 28.4 Å². The second kappa shape index (κ2) is 10.8. The van der Waals surface area contributed by atoms with Gasteiger partial charge in [0, 0.05) is 66.7 Å². The molecule has 0 radical (unpaired) electrons. The Bertz CT molecular complexity index is 1890. The van der Waals surface area contributed by atoms with Crippen LogP contribution in [0.2, 0.25) is 0 Å². The fourth-order valence-electron chi connectivity index (χ4n) is 6.95. The molecule has 2 heterocycles. The molecule has 1 unspecified atom stereocenters. The van der Waals surface area contributed by atoms with E-state index in [1.165, 1.54) is 12.1 Å². The third-order valence-electron chi connectivity index (χ3n) is 9.83. The highest BCUT2D eigenvalue weighted by molar-refractivity contribution is 7.70. The van der Waals surface area contributed by atoms with E-state index in [-0.39, 0.29) is 23.4 Å². The monoisotopic (exact) mass is 649 g/mol. The third kappa shape index (κ3) is 5.25. The Morgan fingerprint density at radius 2 is 1.72 bits per heavy atom. The largest absolute Gasteiger partial charge is 0.573 e. The lowest BCUT2D eigenvalue weighted by Gasteiger charge is -2.47. The minimum Gasteiger partial charge on any atom is -0.405 e. The number of hydrogen-bond donors (Lipinski definition) is 1. The Hall–Kier alpha value is -3.88. The highest BCUT2D eigenvalue weighted by Gasteiger charge is 2.49. The fraction of sp³-hybridized carbons (Fsp3) is 0.371. The van der Waals surface area contributed by atoms with Gasteiger partial charge in [0.1, 0.15) is 18.7 Å². The Kier molecular flexibility index (Phi) is 7.25. The quantitative estimate of drug-likeness (QED) is 0.205. The Morgan fingerprint density at radius 3 is 2.37 bits per heavy atom. The summed E-state index contributed by atoms with van der Waals surface area (Å²) in [5.41, 5.74) is 3.71. The third-order valence-corrected chi connectivity index (χ3v) is 12.4. The van der Waals surface area contributed by atoms with Crippen LogP contribution in [0.3, 0.4) is 0 Å². The zero-order chi connectivity index (χ0) is 32.6. The zero-order valence-electron chi connectivity index (χ0n) is 25.8. The SMILES string of the molecule is CCP(C)(=O)c1ccc(-c2nc(-c3cccc4c3CN(C3CC(O)(c5ccccc5)C3)C4=O)c(C3CC3)n2C)c(OC(F)(F)F)c1. The summed E-state index contributed by atoms with van der Waals surface area (Å²) in [6, 6.07) is 19.2. The van der Waals surface area contributed by atoms with E-state index in [4.69, 9.17) is 4.98 Å². The topological polar surface area (TPSA) is 84.7 Å². The normalized spacial score (nSPS) is 22.4. The Balaban J connectivity index is 1.27. The molecule has 3 aliphatic rings. The first-order chi connectivity index (χ1) is 21.8. The number of ether oxygens (including phenoxy) is 1. The van der Waals surface area contributed by atoms with Crippen LogP contribution in [0.1, 0.15) is 65.7 Å². The van der Waals surface area contributed by atoms with Crippen molar-refractivity contribution in [1.29, 1.82) is 0 Å². The van der Waals surface area contributed by atoms with Crippen molar-refractivity contribution in [3.05, 3.63) is 89.1 Å². The molecule has 0 bridgehead atoms. The van der Waals surface area contributed by atoms with Gasteiger partial charge in [-0.1, -0.05) is 55.5 Å². The van der Waals surface area contributed by atoms with Crippen molar-refractivity contribution in [2.45, 2.75) is 63.1 Å². The van der Waals surface area contributed by atoms with Gasteiger partial charge in [-0.15, -0.1) is 13.2 Å². The van der Waals surface area contributed by atoms with Gasteiger partial charge >= 0.3 is 6.36 Å². The van der Waals surface area contributed by atoms with Crippen molar-refractivity contribution in [3.63, 3.8) is 0 Å². The number of fused-ring (bicyclic) bond motifs is 1. The summed E-state index contributed by atoms with van der Waals surface area (Å²) in [5.74, 6) is -0.0635. The highest BCUT2D eigenvalue weighted by atomic mass is 31.2. The maximum absolute atomic E-state index is 13.7. The molecule has 0 saturated heterocycles. The molecule has 1 atom stereocenters. The molecular weight excluding hydrogens is 614 g/mol. The lowest BCUT2D eigenvalue weighted by Crippen LogP contribution is -2.53. The van der Waals surface area contributed by atoms with Crippen LogP contribution in [0.25, 0.3) is 22.6 Å². The number of carbonyl (C=O) groups excluding carboxylic acids is 1. The van der Waals surface area contributed by atoms with Gasteiger partial charge in [0.25, 0.3) is 5.91 Å². The maximum atomic E-state index is 13.7. The van der Waals surface area contributed by atoms with Crippen molar-refractivity contribution in [2.24, 2.45) is 7.05 Å². The zero-order valence-corrected chi connectivity index (χ0v) is 26.7. The van der Waals surface area contributed by atoms with Crippen LogP contribution < -0.4 is 10.0 Å². The average molecular weight is 650 g/mol. The summed E-state index contributed by atoms with van der Waals surface area (Å²) in [5, 5.41) is 11.5. The summed E-state index contributed by atoms with van der Waals surface area (Å²) in [7, 11) is -1.09. The van der Waals surface area contributed by atoms with Gasteiger partial charge in [0.05, 0.1) is 16.9 Å². The second-order valence-corrected chi connectivity index (χ2v) is 16.2. The van der Waals surface area contributed by atoms with E-state index in [1.807, 2.05) is 51.9 Å². The number of aromatic nitrogens is 2. The lowest BCUT2D eigenvalue weighted by molar-refractivity contribution is -0.274. The predicted octanol–water partition coefficient (Wildman–Crippen LogP) is 7.17. The van der Waals surface area contributed by atoms with E-state index in [1.54, 1.807) is 32.8 Å². The smallest absolute Gasteiger partial charge is 0.405 e. The molecule has 1 amide bonds. The van der Waals surface area contributed by atoms with E-state index in [9.17, 15) is 27.6 Å². The Morgan fingerprint density at radius 1 is 1.02 bits per heavy atom. The number of alkyl halides is 3. The van der Waals surface area contributed by atoms with Crippen LogP contribution in [0, 0.1) is 0 Å². The molecule has 11 heteroatoms. The van der Waals surface area contributed by atoms with Crippen LogP contribution in [0.4, 0.5) is 13.2 Å². The molecule has 7 rings (SSSR count). The first kappa shape index (κ1) is 30.8. The van der Waals surface area contributed by atoms with Crippen molar-refractivity contribution >= 4 is 18.4 Å². The van der Waals surface area contributed by atoms with E-state index < -0.39 is 24.9 Å². The maximum Gasteiger partial charge on any atom is 0.573 e. The van der Waals surface area contributed by atoms with Crippen molar-refractivity contribution in [1.82, 2.24) is 14.5 Å². The molecule has 240 valence electrons. The van der Waals surface area contributed by atoms with Crippen LogP contribution in [0.15, 0.2) is 66.7 Å². The second-order valence-electron chi connectivity index (χ2n) is 12.9. The molecule has 1 aliphatic heterocycles. The Labute approximate surface area is 265 Å². The van der Waals surface area contributed by atoms with Crippen LogP contribution >= 0.6 is 7.14 Å². The first-order valence-electron chi connectivity index (χ1n) is 15.5. The molecule has 4 aromatic rings. The molecular formula is C35H35F3N3O4P. The number of aliphatic hydroxyl groups is 1. The fourth-order valence-corrected chi connectivity index (χ4v) is 8.10. The summed E-state index contributed by atoms with van der Waals surface area (Å²) in [4.78, 5) is 20.5. The predicted molar refractivity (Wildman–Crippen MR) is 170 cm³/mol. The number of amides is 1. The molecule has 7 nitrogen and oxygen atoms in total. The summed E-state index contributed by atoms with van der Waals surface area (Å²) in [6.45, 7) is 3.65. The van der Waals surface area contributed by atoms with Gasteiger partial charge < -0.3 is 23.9 Å². The molecule has 2 saturated carbocycles. The number of benzene rings is 3. The summed E-state index contributed by atoms with van der Waals surface area (Å²) in [6.07, 6.45) is -1.93. The standard InChI is InChI=1S/C35H35F3N3O4P/c1-4-46(3,44)24-15-16-27(29(17-24)45-35(36,37)38)32-39-30(31(40(32)2)21-13-14-21)25-11-8-12-26-28(25)20-41(33(26)42)23-18-34(43,19-23)22-9-6-5-7-10-22/h5-12,15-17,21,23,43H,4,13-14,18-20H2,1-3H3. The van der Waals surface area contributed by atoms with Gasteiger partial charge in [0.15, 0.2) is 0 Å².